The minimum atomic E-state index is -0.429. The Morgan fingerprint density at radius 1 is 1.42 bits per heavy atom. The molecule has 6 nitrogen and oxygen atoms in total. The van der Waals surface area contributed by atoms with Crippen LogP contribution in [0.3, 0.4) is 0 Å². The summed E-state index contributed by atoms with van der Waals surface area (Å²) in [6.07, 6.45) is 1.81. The number of benzene rings is 1. The third kappa shape index (κ3) is 3.59. The van der Waals surface area contributed by atoms with Crippen LogP contribution in [0.4, 0.5) is 0 Å². The van der Waals surface area contributed by atoms with Crippen LogP contribution in [0.1, 0.15) is 25.3 Å². The highest BCUT2D eigenvalue weighted by Crippen LogP contribution is 2.21. The molecule has 0 aliphatic carbocycles. The summed E-state index contributed by atoms with van der Waals surface area (Å²) < 4.78 is 10.3. The number of quaternary nitrogens is 1. The number of hydrogen-bond acceptors (Lipinski definition) is 5. The number of aromatic hydroxyl groups is 1. The first kappa shape index (κ1) is 16.5. The predicted octanol–water partition coefficient (Wildman–Crippen LogP) is 0.857. The van der Waals surface area contributed by atoms with Gasteiger partial charge in [0.25, 0.3) is 0 Å². The molecule has 0 bridgehead atoms. The molecule has 2 N–H and O–H groups in total. The number of carbonyl (C=O) groups is 1. The van der Waals surface area contributed by atoms with Crippen LogP contribution in [0.2, 0.25) is 0 Å². The smallest absolute Gasteiger partial charge is 0.336 e. The molecule has 2 atom stereocenters. The van der Waals surface area contributed by atoms with Gasteiger partial charge >= 0.3 is 11.6 Å². The van der Waals surface area contributed by atoms with E-state index in [0.717, 1.165) is 30.3 Å². The van der Waals surface area contributed by atoms with E-state index in [4.69, 9.17) is 9.15 Å². The first-order valence-electron chi connectivity index (χ1n) is 8.32. The second-order valence-electron chi connectivity index (χ2n) is 6.24. The van der Waals surface area contributed by atoms with E-state index < -0.39 is 5.63 Å². The molecule has 0 radical (unpaired) electrons. The van der Waals surface area contributed by atoms with Crippen molar-refractivity contribution >= 4 is 16.9 Å². The Bertz CT molecular complexity index is 798. The van der Waals surface area contributed by atoms with Gasteiger partial charge in [0.2, 0.25) is 0 Å². The second-order valence-corrected chi connectivity index (χ2v) is 6.24. The Morgan fingerprint density at radius 2 is 2.25 bits per heavy atom. The molecule has 1 aromatic carbocycles. The Kier molecular flexibility index (Phi) is 4.85. The van der Waals surface area contributed by atoms with Gasteiger partial charge in [-0.25, -0.2) is 4.79 Å². The lowest BCUT2D eigenvalue weighted by molar-refractivity contribution is -0.921. The molecule has 0 spiro atoms. The van der Waals surface area contributed by atoms with Crippen molar-refractivity contribution in [2.24, 2.45) is 5.92 Å². The van der Waals surface area contributed by atoms with Crippen molar-refractivity contribution < 1.29 is 24.0 Å². The van der Waals surface area contributed by atoms with Gasteiger partial charge < -0.3 is 19.2 Å². The SMILES string of the molecule is CCOC(=O)[C@H]1CCC[NH+](Cc2cc(=O)oc3cc(O)ccc23)C1. The normalized spacial score (nSPS) is 20.9. The number of ether oxygens (including phenoxy) is 1. The molecule has 3 rings (SSSR count). The van der Waals surface area contributed by atoms with Gasteiger partial charge in [0, 0.05) is 23.1 Å². The molecule has 24 heavy (non-hydrogen) atoms. The molecule has 128 valence electrons. The number of likely N-dealkylation sites (tertiary alicyclic amines) is 1. The van der Waals surface area contributed by atoms with Gasteiger partial charge in [0.15, 0.2) is 0 Å². The number of rotatable bonds is 4. The summed E-state index contributed by atoms with van der Waals surface area (Å²) in [5.41, 5.74) is 0.832. The number of fused-ring (bicyclic) bond motifs is 1. The average molecular weight is 332 g/mol. The van der Waals surface area contributed by atoms with Crippen molar-refractivity contribution in [3.05, 3.63) is 40.2 Å². The molecule has 1 saturated heterocycles. The molecule has 1 aliphatic rings. The van der Waals surface area contributed by atoms with Crippen molar-refractivity contribution in [2.45, 2.75) is 26.3 Å². The highest BCUT2D eigenvalue weighted by molar-refractivity contribution is 5.81. The van der Waals surface area contributed by atoms with Crippen LogP contribution in [0.15, 0.2) is 33.5 Å². The van der Waals surface area contributed by atoms with Crippen LogP contribution in [0.5, 0.6) is 5.75 Å². The summed E-state index contributed by atoms with van der Waals surface area (Å²) in [6.45, 7) is 4.52. The van der Waals surface area contributed by atoms with Crippen LogP contribution in [0.25, 0.3) is 11.0 Å². The zero-order valence-corrected chi connectivity index (χ0v) is 13.7. The van der Waals surface area contributed by atoms with E-state index in [1.54, 1.807) is 12.1 Å². The molecule has 0 amide bonds. The maximum Gasteiger partial charge on any atom is 0.336 e. The lowest BCUT2D eigenvalue weighted by Gasteiger charge is -2.28. The molecule has 2 aromatic rings. The fourth-order valence-electron chi connectivity index (χ4n) is 3.41. The fourth-order valence-corrected chi connectivity index (χ4v) is 3.41. The molecule has 1 aromatic heterocycles. The molecule has 1 fully saturated rings. The lowest BCUT2D eigenvalue weighted by Crippen LogP contribution is -3.12. The Labute approximate surface area is 139 Å². The Hall–Kier alpha value is -2.34. The van der Waals surface area contributed by atoms with Gasteiger partial charge in [-0.15, -0.1) is 0 Å². The van der Waals surface area contributed by atoms with Crippen molar-refractivity contribution in [3.8, 4) is 5.75 Å². The summed E-state index contributed by atoms with van der Waals surface area (Å²) in [5, 5.41) is 10.4. The molecular formula is C18H22NO5+. The quantitative estimate of drug-likeness (QED) is 0.641. The molecule has 1 unspecified atom stereocenters. The maximum atomic E-state index is 12.0. The minimum absolute atomic E-state index is 0.0653. The van der Waals surface area contributed by atoms with E-state index in [9.17, 15) is 14.7 Å². The lowest BCUT2D eigenvalue weighted by atomic mass is 9.97. The summed E-state index contributed by atoms with van der Waals surface area (Å²) in [7, 11) is 0. The van der Waals surface area contributed by atoms with E-state index >= 15 is 0 Å². The van der Waals surface area contributed by atoms with Crippen molar-refractivity contribution in [3.63, 3.8) is 0 Å². The standard InChI is InChI=1S/C18H21NO5/c1-2-23-18(22)12-4-3-7-19(10-12)11-13-8-17(21)24-16-9-14(20)5-6-15(13)16/h5-6,8-9,12,20H,2-4,7,10-11H2,1H3/p+1/t12-/m0/s1. The van der Waals surface area contributed by atoms with Crippen LogP contribution in [-0.4, -0.2) is 30.8 Å². The molecular weight excluding hydrogens is 310 g/mol. The van der Waals surface area contributed by atoms with E-state index in [2.05, 4.69) is 0 Å². The topological polar surface area (TPSA) is 81.2 Å². The number of phenolic OH excluding ortho intramolecular Hbond substituents is 1. The van der Waals surface area contributed by atoms with E-state index in [0.29, 0.717) is 25.3 Å². The van der Waals surface area contributed by atoms with E-state index in [-0.39, 0.29) is 17.6 Å². The third-order valence-corrected chi connectivity index (χ3v) is 4.49. The number of piperidine rings is 1. The number of carbonyl (C=O) groups excluding carboxylic acids is 1. The van der Waals surface area contributed by atoms with Gasteiger partial charge in [-0.2, -0.15) is 0 Å². The average Bonchev–Trinajstić information content (AvgIpc) is 2.54. The zero-order valence-electron chi connectivity index (χ0n) is 13.7. The van der Waals surface area contributed by atoms with Gasteiger partial charge in [0.05, 0.1) is 19.7 Å². The van der Waals surface area contributed by atoms with Crippen molar-refractivity contribution in [2.75, 3.05) is 19.7 Å². The molecule has 0 saturated carbocycles. The summed E-state index contributed by atoms with van der Waals surface area (Å²) in [5.74, 6) is -0.142. The van der Waals surface area contributed by atoms with Gasteiger partial charge in [-0.1, -0.05) is 0 Å². The number of nitrogens with one attached hydrogen (secondary N) is 1. The maximum absolute atomic E-state index is 12.0. The molecule has 1 aliphatic heterocycles. The van der Waals surface area contributed by atoms with Crippen molar-refractivity contribution in [1.82, 2.24) is 0 Å². The largest absolute Gasteiger partial charge is 0.508 e. The molecule has 2 heterocycles. The number of esters is 1. The summed E-state index contributed by atoms with van der Waals surface area (Å²) in [4.78, 5) is 25.0. The summed E-state index contributed by atoms with van der Waals surface area (Å²) >= 11 is 0. The van der Waals surface area contributed by atoms with Gasteiger partial charge in [-0.3, -0.25) is 4.79 Å². The monoisotopic (exact) mass is 332 g/mol. The minimum Gasteiger partial charge on any atom is -0.508 e. The fraction of sp³-hybridized carbons (Fsp3) is 0.444. The first-order chi connectivity index (χ1) is 11.6. The number of hydrogen-bond donors (Lipinski definition) is 2. The number of phenols is 1. The second kappa shape index (κ2) is 7.05. The Morgan fingerprint density at radius 3 is 3.04 bits per heavy atom. The van der Waals surface area contributed by atoms with Gasteiger partial charge in [0.1, 0.15) is 23.8 Å². The first-order valence-corrected chi connectivity index (χ1v) is 8.32. The molecule has 6 heteroatoms. The van der Waals surface area contributed by atoms with Crippen LogP contribution in [0, 0.1) is 5.92 Å². The highest BCUT2D eigenvalue weighted by atomic mass is 16.5. The summed E-state index contributed by atoms with van der Waals surface area (Å²) in [6, 6.07) is 6.29. The van der Waals surface area contributed by atoms with Gasteiger partial charge in [-0.05, 0) is 31.9 Å². The zero-order chi connectivity index (χ0) is 17.1. The van der Waals surface area contributed by atoms with Crippen molar-refractivity contribution in [1.29, 1.82) is 0 Å². The van der Waals surface area contributed by atoms with Crippen LogP contribution < -0.4 is 10.5 Å². The van der Waals surface area contributed by atoms with E-state index in [1.807, 2.05) is 6.92 Å². The Balaban J connectivity index is 1.82. The van der Waals surface area contributed by atoms with Crippen LogP contribution in [-0.2, 0) is 16.1 Å². The highest BCUT2D eigenvalue weighted by Gasteiger charge is 2.30. The van der Waals surface area contributed by atoms with E-state index in [1.165, 1.54) is 17.0 Å². The predicted molar refractivity (Wildman–Crippen MR) is 87.9 cm³/mol. The third-order valence-electron chi connectivity index (χ3n) is 4.49. The van der Waals surface area contributed by atoms with Crippen LogP contribution >= 0.6 is 0 Å².